The molecule has 1 N–H and O–H groups in total. The normalized spacial score (nSPS) is 12.4. The summed E-state index contributed by atoms with van der Waals surface area (Å²) in [5.41, 5.74) is 0.466. The van der Waals surface area contributed by atoms with E-state index in [2.05, 4.69) is 16.9 Å². The standard InChI is InChI=1S/C27H30N2O7.C2H6/c1-6-17-11-18(14-30)20(12-22(17)34-5)19-9-10-21(24(31)28-13-16-7-8-16)29-23(19)25(32)35-15-36-26(33)27(2,3)4;1-2/h6,9-12,14,16H,1,7-8,13,15H2,2-5H3,(H,28,31);1-2H3. The van der Waals surface area contributed by atoms with Gasteiger partial charge in [-0.3, -0.25) is 14.4 Å². The van der Waals surface area contributed by atoms with Gasteiger partial charge in [-0.15, -0.1) is 0 Å². The van der Waals surface area contributed by atoms with Crippen molar-refractivity contribution >= 4 is 30.2 Å². The number of hydrogen-bond acceptors (Lipinski definition) is 8. The molecule has 0 radical (unpaired) electrons. The van der Waals surface area contributed by atoms with Crippen LogP contribution in [0.25, 0.3) is 17.2 Å². The van der Waals surface area contributed by atoms with E-state index in [1.807, 2.05) is 13.8 Å². The molecular formula is C29H36N2O7. The molecule has 9 heteroatoms. The number of amides is 1. The number of carbonyl (C=O) groups is 4. The van der Waals surface area contributed by atoms with Gasteiger partial charge in [-0.25, -0.2) is 9.78 Å². The van der Waals surface area contributed by atoms with Crippen LogP contribution in [0.5, 0.6) is 5.75 Å². The van der Waals surface area contributed by atoms with E-state index in [4.69, 9.17) is 14.2 Å². The molecule has 1 heterocycles. The number of methoxy groups -OCH3 is 1. The number of rotatable bonds is 10. The molecule has 0 unspecified atom stereocenters. The SMILES string of the molecule is C=Cc1cc(C=O)c(-c2ccc(C(=O)NCC3CC3)nc2C(=O)OCOC(=O)C(C)(C)C)cc1OC.CC. The Bertz CT molecular complexity index is 1190. The lowest BCUT2D eigenvalue weighted by molar-refractivity contribution is -0.161. The summed E-state index contributed by atoms with van der Waals surface area (Å²) in [6.07, 6.45) is 4.31. The Balaban J connectivity index is 0.00000247. The van der Waals surface area contributed by atoms with E-state index in [9.17, 15) is 19.2 Å². The fourth-order valence-corrected chi connectivity index (χ4v) is 3.31. The molecule has 0 bridgehead atoms. The molecule has 0 aliphatic heterocycles. The van der Waals surface area contributed by atoms with Gasteiger partial charge in [-0.1, -0.05) is 26.5 Å². The Morgan fingerprint density at radius 1 is 1.08 bits per heavy atom. The molecule has 0 saturated heterocycles. The minimum absolute atomic E-state index is 0.0142. The van der Waals surface area contributed by atoms with Crippen LogP contribution in [0.2, 0.25) is 0 Å². The van der Waals surface area contributed by atoms with Crippen molar-refractivity contribution in [2.45, 2.75) is 47.5 Å². The van der Waals surface area contributed by atoms with Crippen LogP contribution in [0.3, 0.4) is 0 Å². The first-order chi connectivity index (χ1) is 18.1. The zero-order valence-electron chi connectivity index (χ0n) is 22.9. The third-order valence-electron chi connectivity index (χ3n) is 5.60. The lowest BCUT2D eigenvalue weighted by Crippen LogP contribution is -2.27. The maximum absolute atomic E-state index is 13.1. The molecule has 1 aromatic heterocycles. The molecule has 1 fully saturated rings. The maximum Gasteiger partial charge on any atom is 0.360 e. The Labute approximate surface area is 223 Å². The predicted octanol–water partition coefficient (Wildman–Crippen LogP) is 5.08. The average Bonchev–Trinajstić information content (AvgIpc) is 3.75. The first-order valence-corrected chi connectivity index (χ1v) is 12.5. The highest BCUT2D eigenvalue weighted by Gasteiger charge is 2.26. The van der Waals surface area contributed by atoms with Crippen LogP contribution in [-0.2, 0) is 14.3 Å². The van der Waals surface area contributed by atoms with Gasteiger partial charge in [0.15, 0.2) is 12.0 Å². The largest absolute Gasteiger partial charge is 0.496 e. The molecule has 1 aliphatic carbocycles. The highest BCUT2D eigenvalue weighted by molar-refractivity contribution is 6.01. The van der Waals surface area contributed by atoms with Crippen molar-refractivity contribution in [3.63, 3.8) is 0 Å². The summed E-state index contributed by atoms with van der Waals surface area (Å²) in [6.45, 7) is 12.6. The van der Waals surface area contributed by atoms with E-state index in [1.165, 1.54) is 19.2 Å². The quantitative estimate of drug-likeness (QED) is 0.259. The molecular weight excluding hydrogens is 488 g/mol. The molecule has 1 aliphatic rings. The second-order valence-electron chi connectivity index (χ2n) is 9.48. The third kappa shape index (κ3) is 7.74. The topological polar surface area (TPSA) is 121 Å². The van der Waals surface area contributed by atoms with Crippen molar-refractivity contribution in [1.29, 1.82) is 0 Å². The van der Waals surface area contributed by atoms with Crippen molar-refractivity contribution in [2.75, 3.05) is 20.4 Å². The van der Waals surface area contributed by atoms with Gasteiger partial charge in [0.2, 0.25) is 6.79 Å². The number of aldehydes is 1. The van der Waals surface area contributed by atoms with E-state index in [-0.39, 0.29) is 22.5 Å². The van der Waals surface area contributed by atoms with Crippen LogP contribution in [0.15, 0.2) is 30.8 Å². The van der Waals surface area contributed by atoms with Gasteiger partial charge in [0.1, 0.15) is 11.4 Å². The monoisotopic (exact) mass is 524 g/mol. The Morgan fingerprint density at radius 3 is 2.32 bits per heavy atom. The van der Waals surface area contributed by atoms with Crippen LogP contribution in [0, 0.1) is 11.3 Å². The zero-order chi connectivity index (χ0) is 28.5. The number of aromatic nitrogens is 1. The minimum Gasteiger partial charge on any atom is -0.496 e. The van der Waals surface area contributed by atoms with Gasteiger partial charge >= 0.3 is 11.9 Å². The summed E-state index contributed by atoms with van der Waals surface area (Å²) in [5.74, 6) is -1.02. The Hall–Kier alpha value is -4.01. The first kappa shape index (κ1) is 30.2. The summed E-state index contributed by atoms with van der Waals surface area (Å²) in [4.78, 5) is 53.9. The molecule has 1 amide bonds. The van der Waals surface area contributed by atoms with Crippen LogP contribution in [0.4, 0.5) is 0 Å². The van der Waals surface area contributed by atoms with Crippen molar-refractivity contribution < 1.29 is 33.4 Å². The van der Waals surface area contributed by atoms with Gasteiger partial charge in [-0.2, -0.15) is 0 Å². The molecule has 1 aromatic carbocycles. The molecule has 1 saturated carbocycles. The number of pyridine rings is 1. The Morgan fingerprint density at radius 2 is 1.76 bits per heavy atom. The van der Waals surface area contributed by atoms with Crippen molar-refractivity contribution in [3.05, 3.63) is 53.4 Å². The Kier molecular flexibility index (Phi) is 10.7. The first-order valence-electron chi connectivity index (χ1n) is 12.5. The number of benzene rings is 1. The van der Waals surface area contributed by atoms with Crippen LogP contribution >= 0.6 is 0 Å². The molecule has 9 nitrogen and oxygen atoms in total. The van der Waals surface area contributed by atoms with Crippen molar-refractivity contribution in [2.24, 2.45) is 11.3 Å². The van der Waals surface area contributed by atoms with Gasteiger partial charge in [0.05, 0.1) is 12.5 Å². The zero-order valence-corrected chi connectivity index (χ0v) is 22.9. The summed E-state index contributed by atoms with van der Waals surface area (Å²) >= 11 is 0. The fourth-order valence-electron chi connectivity index (χ4n) is 3.31. The predicted molar refractivity (Wildman–Crippen MR) is 144 cm³/mol. The van der Waals surface area contributed by atoms with E-state index >= 15 is 0 Å². The number of esters is 2. The second-order valence-corrected chi connectivity index (χ2v) is 9.48. The average molecular weight is 525 g/mol. The molecule has 2 aromatic rings. The molecule has 0 spiro atoms. The van der Waals surface area contributed by atoms with Crippen molar-refractivity contribution in [1.82, 2.24) is 10.3 Å². The minimum atomic E-state index is -0.924. The summed E-state index contributed by atoms with van der Waals surface area (Å²) in [5, 5.41) is 2.81. The third-order valence-corrected chi connectivity index (χ3v) is 5.60. The maximum atomic E-state index is 13.1. The summed E-state index contributed by atoms with van der Waals surface area (Å²) in [6, 6.07) is 6.15. The summed E-state index contributed by atoms with van der Waals surface area (Å²) in [7, 11) is 1.47. The smallest absolute Gasteiger partial charge is 0.360 e. The fraction of sp³-hybridized carbons (Fsp3) is 0.414. The number of carbonyl (C=O) groups excluding carboxylic acids is 4. The molecule has 0 atom stereocenters. The molecule has 3 rings (SSSR count). The second kappa shape index (κ2) is 13.5. The van der Waals surface area contributed by atoms with E-state index in [0.717, 1.165) is 12.8 Å². The molecule has 204 valence electrons. The van der Waals surface area contributed by atoms with Crippen LogP contribution in [0.1, 0.15) is 84.4 Å². The van der Waals surface area contributed by atoms with E-state index in [1.54, 1.807) is 39.0 Å². The van der Waals surface area contributed by atoms with E-state index in [0.29, 0.717) is 35.6 Å². The number of nitrogens with zero attached hydrogens (tertiary/aromatic N) is 1. The van der Waals surface area contributed by atoms with Gasteiger partial charge in [0.25, 0.3) is 5.91 Å². The van der Waals surface area contributed by atoms with E-state index < -0.39 is 30.1 Å². The van der Waals surface area contributed by atoms with Gasteiger partial charge in [-0.05, 0) is 69.4 Å². The number of ether oxygens (including phenoxy) is 3. The highest BCUT2D eigenvalue weighted by atomic mass is 16.7. The highest BCUT2D eigenvalue weighted by Crippen LogP contribution is 2.33. The molecule has 38 heavy (non-hydrogen) atoms. The van der Waals surface area contributed by atoms with Gasteiger partial charge < -0.3 is 19.5 Å². The lowest BCUT2D eigenvalue weighted by Gasteiger charge is -2.17. The number of nitrogens with one attached hydrogen (secondary N) is 1. The summed E-state index contributed by atoms with van der Waals surface area (Å²) < 4.78 is 15.6. The van der Waals surface area contributed by atoms with Crippen LogP contribution in [-0.4, -0.2) is 49.6 Å². The van der Waals surface area contributed by atoms with Crippen LogP contribution < -0.4 is 10.1 Å². The van der Waals surface area contributed by atoms with Crippen molar-refractivity contribution in [3.8, 4) is 16.9 Å². The van der Waals surface area contributed by atoms with Gasteiger partial charge in [0, 0.05) is 23.2 Å². The number of hydrogen-bond donors (Lipinski definition) is 1. The lowest BCUT2D eigenvalue weighted by atomic mass is 9.95.